The highest BCUT2D eigenvalue weighted by atomic mass is 16.2. The summed E-state index contributed by atoms with van der Waals surface area (Å²) in [6.45, 7) is 10.1. The molecule has 4 atom stereocenters. The summed E-state index contributed by atoms with van der Waals surface area (Å²) >= 11 is 0. The van der Waals surface area contributed by atoms with Gasteiger partial charge in [-0.25, -0.2) is 0 Å². The molecule has 3 heteroatoms. The Bertz CT molecular complexity index is 191. The quantitative estimate of drug-likeness (QED) is 0.609. The van der Waals surface area contributed by atoms with Crippen molar-refractivity contribution >= 4 is 5.91 Å². The van der Waals surface area contributed by atoms with Gasteiger partial charge >= 0.3 is 0 Å². The molecule has 0 radical (unpaired) electrons. The largest absolute Gasteiger partial charge is 0.334 e. The van der Waals surface area contributed by atoms with Gasteiger partial charge in [0.2, 0.25) is 5.91 Å². The molecule has 0 bridgehead atoms. The van der Waals surface area contributed by atoms with Crippen molar-refractivity contribution in [3.63, 3.8) is 0 Å². The van der Waals surface area contributed by atoms with Gasteiger partial charge in [0.05, 0.1) is 0 Å². The summed E-state index contributed by atoms with van der Waals surface area (Å²) in [7, 11) is 0. The lowest BCUT2D eigenvalue weighted by molar-refractivity contribution is -0.136. The smallest absolute Gasteiger partial charge is 0.220 e. The van der Waals surface area contributed by atoms with Gasteiger partial charge in [-0.2, -0.15) is 0 Å². The first-order chi connectivity index (χ1) is 5.95. The van der Waals surface area contributed by atoms with Gasteiger partial charge in [0.25, 0.3) is 0 Å². The molecule has 0 unspecified atom stereocenters. The van der Waals surface area contributed by atoms with Gasteiger partial charge < -0.3 is 10.2 Å². The van der Waals surface area contributed by atoms with Crippen LogP contribution in [-0.4, -0.2) is 35.0 Å². The number of hydrogen-bond acceptors (Lipinski definition) is 2. The Hall–Kier alpha value is -0.570. The Morgan fingerprint density at radius 3 is 1.77 bits per heavy atom. The highest BCUT2D eigenvalue weighted by molar-refractivity contribution is 5.74. The zero-order valence-corrected chi connectivity index (χ0v) is 9.16. The topological polar surface area (TPSA) is 32.3 Å². The number of nitrogens with zero attached hydrogens (tertiary/aromatic N) is 1. The summed E-state index contributed by atoms with van der Waals surface area (Å²) in [4.78, 5) is 13.4. The molecule has 1 aliphatic heterocycles. The molecule has 0 aromatic rings. The molecule has 1 fully saturated rings. The van der Waals surface area contributed by atoms with E-state index in [0.717, 1.165) is 0 Å². The van der Waals surface area contributed by atoms with Crippen LogP contribution in [-0.2, 0) is 4.79 Å². The van der Waals surface area contributed by atoms with Crippen LogP contribution in [0.25, 0.3) is 0 Å². The van der Waals surface area contributed by atoms with Crippen molar-refractivity contribution in [2.24, 2.45) is 0 Å². The van der Waals surface area contributed by atoms with E-state index in [0.29, 0.717) is 24.2 Å². The first kappa shape index (κ1) is 10.5. The van der Waals surface area contributed by atoms with Crippen molar-refractivity contribution in [2.75, 3.05) is 0 Å². The Labute approximate surface area is 80.5 Å². The van der Waals surface area contributed by atoms with Crippen molar-refractivity contribution in [1.29, 1.82) is 0 Å². The van der Waals surface area contributed by atoms with Crippen LogP contribution in [0.4, 0.5) is 0 Å². The van der Waals surface area contributed by atoms with E-state index in [2.05, 4.69) is 33.0 Å². The summed E-state index contributed by atoms with van der Waals surface area (Å²) in [5, 5.41) is 3.47. The zero-order valence-electron chi connectivity index (χ0n) is 9.16. The third-order valence-corrected chi connectivity index (χ3v) is 3.21. The first-order valence-corrected chi connectivity index (χ1v) is 5.00. The van der Waals surface area contributed by atoms with Crippen molar-refractivity contribution in [2.45, 2.75) is 58.8 Å². The van der Waals surface area contributed by atoms with Gasteiger partial charge in [0.1, 0.15) is 0 Å². The molecule has 3 nitrogen and oxygen atoms in total. The predicted octanol–water partition coefficient (Wildman–Crippen LogP) is 0.992. The van der Waals surface area contributed by atoms with Crippen LogP contribution in [0.15, 0.2) is 0 Å². The van der Waals surface area contributed by atoms with Crippen LogP contribution >= 0.6 is 0 Å². The molecular formula is C10H20N2O. The van der Waals surface area contributed by atoms with Crippen LogP contribution in [0.3, 0.4) is 0 Å². The van der Waals surface area contributed by atoms with E-state index in [4.69, 9.17) is 0 Å². The van der Waals surface area contributed by atoms with Crippen LogP contribution in [0.2, 0.25) is 0 Å². The lowest BCUT2D eigenvalue weighted by Gasteiger charge is -2.46. The molecule has 1 saturated heterocycles. The summed E-state index contributed by atoms with van der Waals surface area (Å²) in [6.07, 6.45) is 0. The average Bonchev–Trinajstić information content (AvgIpc) is 2.01. The number of amides is 1. The molecule has 76 valence electrons. The number of piperazine rings is 1. The van der Waals surface area contributed by atoms with Crippen molar-refractivity contribution < 1.29 is 4.79 Å². The molecule has 1 N–H and O–H groups in total. The second-order valence-electron chi connectivity index (χ2n) is 4.15. The van der Waals surface area contributed by atoms with Crippen molar-refractivity contribution in [3.05, 3.63) is 0 Å². The Balaban J connectivity index is 2.82. The number of hydrogen-bond donors (Lipinski definition) is 1. The minimum absolute atomic E-state index is 0.181. The van der Waals surface area contributed by atoms with E-state index in [1.165, 1.54) is 0 Å². The summed E-state index contributed by atoms with van der Waals surface area (Å²) in [5.74, 6) is 0.181. The number of nitrogens with one attached hydrogen (secondary N) is 1. The average molecular weight is 184 g/mol. The minimum Gasteiger partial charge on any atom is -0.334 e. The molecule has 0 aliphatic carbocycles. The molecular weight excluding hydrogens is 164 g/mol. The number of carbonyl (C=O) groups is 1. The summed E-state index contributed by atoms with van der Waals surface area (Å²) in [6, 6.07) is 1.36. The third kappa shape index (κ3) is 1.85. The van der Waals surface area contributed by atoms with Gasteiger partial charge in [0.15, 0.2) is 0 Å². The Morgan fingerprint density at radius 1 is 1.08 bits per heavy atom. The van der Waals surface area contributed by atoms with Crippen LogP contribution in [0, 0.1) is 0 Å². The maximum atomic E-state index is 11.4. The molecule has 0 spiro atoms. The number of carbonyl (C=O) groups excluding carboxylic acids is 1. The molecule has 1 amide bonds. The normalized spacial score (nSPS) is 40.5. The lowest BCUT2D eigenvalue weighted by Crippen LogP contribution is -2.64. The second kappa shape index (κ2) is 3.66. The fourth-order valence-electron chi connectivity index (χ4n) is 2.12. The maximum absolute atomic E-state index is 11.4. The lowest BCUT2D eigenvalue weighted by atomic mass is 9.97. The van der Waals surface area contributed by atoms with Crippen LogP contribution in [0.1, 0.15) is 34.6 Å². The van der Waals surface area contributed by atoms with E-state index in [9.17, 15) is 4.79 Å². The first-order valence-electron chi connectivity index (χ1n) is 5.00. The SMILES string of the molecule is CC(=O)N1[C@H](C)[C@@H](C)N[C@@H](C)[C@@H]1C. The van der Waals surface area contributed by atoms with Gasteiger partial charge in [-0.1, -0.05) is 0 Å². The molecule has 0 saturated carbocycles. The fourth-order valence-corrected chi connectivity index (χ4v) is 2.12. The maximum Gasteiger partial charge on any atom is 0.220 e. The van der Waals surface area contributed by atoms with Gasteiger partial charge in [0, 0.05) is 31.1 Å². The molecule has 1 rings (SSSR count). The summed E-state index contributed by atoms with van der Waals surface area (Å²) < 4.78 is 0. The van der Waals surface area contributed by atoms with Crippen LogP contribution < -0.4 is 5.32 Å². The van der Waals surface area contributed by atoms with Gasteiger partial charge in [-0.05, 0) is 27.7 Å². The molecule has 1 aliphatic rings. The standard InChI is InChI=1S/C10H20N2O/c1-6-8(3)12(10(5)13)9(4)7(2)11-6/h6-9,11H,1-5H3/t6-,7+,8-,9+. The van der Waals surface area contributed by atoms with E-state index in [1.807, 2.05) is 4.90 Å². The summed E-state index contributed by atoms with van der Waals surface area (Å²) in [5.41, 5.74) is 0. The molecule has 0 aromatic heterocycles. The van der Waals surface area contributed by atoms with E-state index >= 15 is 0 Å². The Kier molecular flexibility index (Phi) is 2.96. The van der Waals surface area contributed by atoms with Crippen molar-refractivity contribution in [1.82, 2.24) is 10.2 Å². The fraction of sp³-hybridized carbons (Fsp3) is 0.900. The highest BCUT2D eigenvalue weighted by Gasteiger charge is 2.35. The second-order valence-corrected chi connectivity index (χ2v) is 4.15. The van der Waals surface area contributed by atoms with E-state index in [1.54, 1.807) is 6.92 Å². The number of rotatable bonds is 0. The zero-order chi connectivity index (χ0) is 10.2. The van der Waals surface area contributed by atoms with Crippen molar-refractivity contribution in [3.8, 4) is 0 Å². The monoisotopic (exact) mass is 184 g/mol. The third-order valence-electron chi connectivity index (χ3n) is 3.21. The predicted molar refractivity (Wildman–Crippen MR) is 53.5 cm³/mol. The minimum atomic E-state index is 0.181. The van der Waals surface area contributed by atoms with E-state index < -0.39 is 0 Å². The molecule has 1 heterocycles. The van der Waals surface area contributed by atoms with Gasteiger partial charge in [-0.3, -0.25) is 4.79 Å². The van der Waals surface area contributed by atoms with E-state index in [-0.39, 0.29) is 5.91 Å². The molecule has 13 heavy (non-hydrogen) atoms. The Morgan fingerprint density at radius 2 is 1.46 bits per heavy atom. The highest BCUT2D eigenvalue weighted by Crippen LogP contribution is 2.18. The van der Waals surface area contributed by atoms with Crippen LogP contribution in [0.5, 0.6) is 0 Å². The van der Waals surface area contributed by atoms with Gasteiger partial charge in [-0.15, -0.1) is 0 Å². The molecule has 0 aromatic carbocycles.